The molecule has 21 heavy (non-hydrogen) atoms. The zero-order chi connectivity index (χ0) is 14.8. The van der Waals surface area contributed by atoms with E-state index in [9.17, 15) is 0 Å². The molecule has 4 heteroatoms. The number of nitrogens with two attached hydrogens (primary N) is 1. The third kappa shape index (κ3) is 2.96. The number of para-hydroxylation sites is 1. The molecule has 110 valence electrons. The van der Waals surface area contributed by atoms with Gasteiger partial charge in [-0.1, -0.05) is 51.8 Å². The topological polar surface area (TPSA) is 29.3 Å². The van der Waals surface area contributed by atoms with Gasteiger partial charge in [-0.25, -0.2) is 0 Å². The van der Waals surface area contributed by atoms with Gasteiger partial charge in [-0.05, 0) is 42.2 Å². The molecule has 2 N–H and O–H groups in total. The van der Waals surface area contributed by atoms with Crippen molar-refractivity contribution in [2.75, 3.05) is 18.0 Å². The van der Waals surface area contributed by atoms with Crippen LogP contribution in [0.3, 0.4) is 0 Å². The van der Waals surface area contributed by atoms with Gasteiger partial charge in [0.15, 0.2) is 0 Å². The molecule has 0 radical (unpaired) electrons. The maximum Gasteiger partial charge on any atom is 0.0679 e. The normalized spacial score (nSPS) is 15.7. The number of halogens is 2. The van der Waals surface area contributed by atoms with E-state index in [1.807, 2.05) is 12.1 Å². The van der Waals surface area contributed by atoms with Crippen molar-refractivity contribution in [1.82, 2.24) is 0 Å². The van der Waals surface area contributed by atoms with Crippen molar-refractivity contribution in [2.24, 2.45) is 5.73 Å². The van der Waals surface area contributed by atoms with Gasteiger partial charge in [0, 0.05) is 28.3 Å². The van der Waals surface area contributed by atoms with Crippen molar-refractivity contribution in [3.63, 3.8) is 0 Å². The van der Waals surface area contributed by atoms with Gasteiger partial charge in [-0.3, -0.25) is 0 Å². The number of aryl methyl sites for hydroxylation is 1. The van der Waals surface area contributed by atoms with Gasteiger partial charge in [0.25, 0.3) is 0 Å². The molecule has 0 saturated heterocycles. The van der Waals surface area contributed by atoms with E-state index < -0.39 is 0 Å². The predicted octanol–water partition coefficient (Wildman–Crippen LogP) is 4.56. The van der Waals surface area contributed by atoms with Crippen LogP contribution in [0.25, 0.3) is 0 Å². The number of nitrogens with zero attached hydrogens (tertiary/aromatic N) is 1. The quantitative estimate of drug-likeness (QED) is 0.864. The first-order chi connectivity index (χ1) is 10.2. The van der Waals surface area contributed by atoms with Crippen molar-refractivity contribution in [3.8, 4) is 0 Å². The van der Waals surface area contributed by atoms with Crippen LogP contribution in [0, 0.1) is 0 Å². The van der Waals surface area contributed by atoms with Crippen LogP contribution in [0.2, 0.25) is 5.02 Å². The van der Waals surface area contributed by atoms with Gasteiger partial charge in [-0.2, -0.15) is 0 Å². The van der Waals surface area contributed by atoms with Gasteiger partial charge in [0.1, 0.15) is 0 Å². The molecule has 2 aromatic rings. The Balaban J connectivity index is 2.01. The molecule has 2 nitrogen and oxygen atoms in total. The molecule has 0 saturated carbocycles. The van der Waals surface area contributed by atoms with Crippen LogP contribution in [0.1, 0.15) is 23.6 Å². The second-order valence-corrected chi connectivity index (χ2v) is 6.67. The number of fused-ring (bicyclic) bond motifs is 1. The maximum absolute atomic E-state index is 6.44. The average molecular weight is 366 g/mol. The van der Waals surface area contributed by atoms with E-state index in [0.29, 0.717) is 6.54 Å². The lowest BCUT2D eigenvalue weighted by Crippen LogP contribution is -2.37. The number of benzene rings is 2. The summed E-state index contributed by atoms with van der Waals surface area (Å²) in [4.78, 5) is 2.40. The van der Waals surface area contributed by atoms with Crippen LogP contribution >= 0.6 is 27.5 Å². The summed E-state index contributed by atoms with van der Waals surface area (Å²) in [5.74, 6) is 0. The largest absolute Gasteiger partial charge is 0.363 e. The third-order valence-electron chi connectivity index (χ3n) is 4.07. The predicted molar refractivity (Wildman–Crippen MR) is 93.1 cm³/mol. The standard InChI is InChI=1S/C17H18BrClN2/c18-13-7-8-14(15(19)10-13)17(11-20)21-9-3-5-12-4-1-2-6-16(12)21/h1-2,4,6-8,10,17H,3,5,9,11,20H2. The minimum absolute atomic E-state index is 0.118. The highest BCUT2D eigenvalue weighted by atomic mass is 79.9. The first kappa shape index (κ1) is 14.9. The van der Waals surface area contributed by atoms with Crippen LogP contribution in [-0.2, 0) is 6.42 Å². The van der Waals surface area contributed by atoms with Crippen LogP contribution < -0.4 is 10.6 Å². The van der Waals surface area contributed by atoms with Gasteiger partial charge in [0.2, 0.25) is 0 Å². The molecular formula is C17H18BrClN2. The smallest absolute Gasteiger partial charge is 0.0679 e. The monoisotopic (exact) mass is 364 g/mol. The Morgan fingerprint density at radius 2 is 2.05 bits per heavy atom. The summed E-state index contributed by atoms with van der Waals surface area (Å²) in [5.41, 5.74) is 9.87. The molecule has 0 fully saturated rings. The molecule has 3 rings (SSSR count). The minimum atomic E-state index is 0.118. The molecule has 2 aromatic carbocycles. The second-order valence-electron chi connectivity index (χ2n) is 5.34. The summed E-state index contributed by atoms with van der Waals surface area (Å²) in [7, 11) is 0. The highest BCUT2D eigenvalue weighted by Crippen LogP contribution is 2.36. The fourth-order valence-corrected chi connectivity index (χ4v) is 3.88. The van der Waals surface area contributed by atoms with Crippen molar-refractivity contribution < 1.29 is 0 Å². The Morgan fingerprint density at radius 1 is 1.24 bits per heavy atom. The Kier molecular flexibility index (Phi) is 4.53. The lowest BCUT2D eigenvalue weighted by Gasteiger charge is -2.38. The van der Waals surface area contributed by atoms with Crippen LogP contribution in [0.4, 0.5) is 5.69 Å². The average Bonchev–Trinajstić information content (AvgIpc) is 2.50. The summed E-state index contributed by atoms with van der Waals surface area (Å²) in [5, 5.41) is 0.767. The molecule has 0 bridgehead atoms. The number of hydrogen-bond acceptors (Lipinski definition) is 2. The zero-order valence-electron chi connectivity index (χ0n) is 11.7. The maximum atomic E-state index is 6.44. The van der Waals surface area contributed by atoms with E-state index in [0.717, 1.165) is 34.4 Å². The van der Waals surface area contributed by atoms with Gasteiger partial charge in [0.05, 0.1) is 6.04 Å². The molecule has 0 amide bonds. The Bertz CT molecular complexity index is 644. The van der Waals surface area contributed by atoms with Crippen LogP contribution in [0.5, 0.6) is 0 Å². The van der Waals surface area contributed by atoms with Crippen LogP contribution in [0.15, 0.2) is 46.9 Å². The van der Waals surface area contributed by atoms with Crippen LogP contribution in [-0.4, -0.2) is 13.1 Å². The molecule has 1 atom stereocenters. The Hall–Kier alpha value is -1.03. The molecular weight excluding hydrogens is 348 g/mol. The molecule has 1 aliphatic heterocycles. The van der Waals surface area contributed by atoms with E-state index in [2.05, 4.69) is 51.2 Å². The lowest BCUT2D eigenvalue weighted by atomic mass is 9.97. The summed E-state index contributed by atoms with van der Waals surface area (Å²) < 4.78 is 0.992. The van der Waals surface area contributed by atoms with E-state index in [-0.39, 0.29) is 6.04 Å². The molecule has 1 unspecified atom stereocenters. The zero-order valence-corrected chi connectivity index (χ0v) is 14.1. The summed E-state index contributed by atoms with van der Waals surface area (Å²) in [6.07, 6.45) is 2.29. The summed E-state index contributed by atoms with van der Waals surface area (Å²) in [6, 6.07) is 14.7. The molecule has 0 spiro atoms. The van der Waals surface area contributed by atoms with Crippen molar-refractivity contribution in [1.29, 1.82) is 0 Å². The van der Waals surface area contributed by atoms with Gasteiger partial charge < -0.3 is 10.6 Å². The third-order valence-corrected chi connectivity index (χ3v) is 4.89. The van der Waals surface area contributed by atoms with E-state index in [1.54, 1.807) is 0 Å². The van der Waals surface area contributed by atoms with Crippen molar-refractivity contribution in [3.05, 3.63) is 63.1 Å². The molecule has 0 aromatic heterocycles. The molecule has 0 aliphatic carbocycles. The number of hydrogen-bond donors (Lipinski definition) is 1. The minimum Gasteiger partial charge on any atom is -0.363 e. The van der Waals surface area contributed by atoms with Gasteiger partial charge >= 0.3 is 0 Å². The highest BCUT2D eigenvalue weighted by Gasteiger charge is 2.25. The Labute approximate surface area is 139 Å². The first-order valence-electron chi connectivity index (χ1n) is 7.20. The summed E-state index contributed by atoms with van der Waals surface area (Å²) >= 11 is 9.90. The first-order valence-corrected chi connectivity index (χ1v) is 8.37. The second kappa shape index (κ2) is 6.39. The lowest BCUT2D eigenvalue weighted by molar-refractivity contribution is 0.588. The molecule has 1 aliphatic rings. The van der Waals surface area contributed by atoms with E-state index >= 15 is 0 Å². The van der Waals surface area contributed by atoms with Crippen molar-refractivity contribution >= 4 is 33.2 Å². The molecule has 1 heterocycles. The number of anilines is 1. The van der Waals surface area contributed by atoms with E-state index in [1.165, 1.54) is 11.3 Å². The fourth-order valence-electron chi connectivity index (χ4n) is 3.08. The Morgan fingerprint density at radius 3 is 2.81 bits per heavy atom. The van der Waals surface area contributed by atoms with E-state index in [4.69, 9.17) is 17.3 Å². The van der Waals surface area contributed by atoms with Gasteiger partial charge in [-0.15, -0.1) is 0 Å². The highest BCUT2D eigenvalue weighted by molar-refractivity contribution is 9.10. The van der Waals surface area contributed by atoms with Crippen molar-refractivity contribution in [2.45, 2.75) is 18.9 Å². The number of rotatable bonds is 3. The SMILES string of the molecule is NCC(c1ccc(Br)cc1Cl)N1CCCc2ccccc21. The summed E-state index contributed by atoms with van der Waals surface area (Å²) in [6.45, 7) is 1.57. The fraction of sp³-hybridized carbons (Fsp3) is 0.294.